The van der Waals surface area contributed by atoms with Crippen LogP contribution in [-0.2, 0) is 0 Å². The quantitative estimate of drug-likeness (QED) is 0.635. The molecular weight excluding hydrogens is 159 g/mol. The van der Waals surface area contributed by atoms with Gasteiger partial charge in [0.1, 0.15) is 0 Å². The third-order valence-corrected chi connectivity index (χ3v) is 1.14. The second-order valence-electron chi connectivity index (χ2n) is 1.40. The number of hydrogen-bond acceptors (Lipinski definition) is 2. The van der Waals surface area contributed by atoms with Crippen LogP contribution in [0.25, 0.3) is 0 Å². The second kappa shape index (κ2) is 3.54. The number of nitrogens with zero attached hydrogens (tertiary/aromatic N) is 1. The van der Waals surface area contributed by atoms with E-state index in [1.165, 1.54) is 6.20 Å². The number of pyridine rings is 1. The number of anilines is 1. The maximum Gasteiger partial charge on any atom is 0.0689 e. The first-order chi connectivity index (χ1) is 3.80. The Hall–Kier alpha value is -0.470. The highest BCUT2D eigenvalue weighted by molar-refractivity contribution is 6.32. The van der Waals surface area contributed by atoms with Crippen LogP contribution in [0, 0.1) is 0 Å². The van der Waals surface area contributed by atoms with E-state index in [1.807, 2.05) is 0 Å². The van der Waals surface area contributed by atoms with Crippen LogP contribution in [0.3, 0.4) is 0 Å². The Morgan fingerprint density at radius 3 is 2.56 bits per heavy atom. The van der Waals surface area contributed by atoms with E-state index in [-0.39, 0.29) is 12.4 Å². The largest absolute Gasteiger partial charge is 0.396 e. The van der Waals surface area contributed by atoms with Gasteiger partial charge in [0, 0.05) is 6.20 Å². The van der Waals surface area contributed by atoms with Crippen LogP contribution in [0.5, 0.6) is 0 Å². The zero-order chi connectivity index (χ0) is 5.98. The van der Waals surface area contributed by atoms with Gasteiger partial charge in [0.15, 0.2) is 0 Å². The summed E-state index contributed by atoms with van der Waals surface area (Å²) in [5.74, 6) is 0. The van der Waals surface area contributed by atoms with Crippen molar-refractivity contribution in [3.05, 3.63) is 23.5 Å². The standard InChI is InChI=1S/C5H5ClN2.ClH/c6-4-1-2-8-3-5(4)7;/h1-3H,7H2;1H. The summed E-state index contributed by atoms with van der Waals surface area (Å²) < 4.78 is 0. The Morgan fingerprint density at radius 1 is 1.56 bits per heavy atom. The molecule has 0 fully saturated rings. The maximum absolute atomic E-state index is 5.54. The smallest absolute Gasteiger partial charge is 0.0689 e. The number of aromatic nitrogens is 1. The van der Waals surface area contributed by atoms with E-state index in [4.69, 9.17) is 17.3 Å². The molecule has 1 aromatic heterocycles. The number of rotatable bonds is 0. The zero-order valence-corrected chi connectivity index (χ0v) is 6.12. The third kappa shape index (κ3) is 2.08. The van der Waals surface area contributed by atoms with Gasteiger partial charge >= 0.3 is 0 Å². The van der Waals surface area contributed by atoms with E-state index in [2.05, 4.69) is 4.98 Å². The molecule has 0 bridgehead atoms. The normalized spacial score (nSPS) is 8.11. The van der Waals surface area contributed by atoms with Crippen molar-refractivity contribution in [3.63, 3.8) is 0 Å². The minimum Gasteiger partial charge on any atom is -0.396 e. The lowest BCUT2D eigenvalue weighted by Crippen LogP contribution is -1.85. The molecule has 0 aliphatic carbocycles. The van der Waals surface area contributed by atoms with Crippen molar-refractivity contribution in [2.24, 2.45) is 0 Å². The molecule has 0 saturated heterocycles. The van der Waals surface area contributed by atoms with Crippen LogP contribution in [-0.4, -0.2) is 4.98 Å². The molecule has 2 nitrogen and oxygen atoms in total. The summed E-state index contributed by atoms with van der Waals surface area (Å²) in [5.41, 5.74) is 5.85. The van der Waals surface area contributed by atoms with Gasteiger partial charge in [-0.15, -0.1) is 12.4 Å². The van der Waals surface area contributed by atoms with Gasteiger partial charge in [-0.2, -0.15) is 0 Å². The van der Waals surface area contributed by atoms with Crippen molar-refractivity contribution < 1.29 is 0 Å². The van der Waals surface area contributed by atoms with Crippen molar-refractivity contribution in [1.82, 2.24) is 4.98 Å². The van der Waals surface area contributed by atoms with Crippen LogP contribution in [0.4, 0.5) is 5.69 Å². The fourth-order valence-corrected chi connectivity index (χ4v) is 0.495. The lowest BCUT2D eigenvalue weighted by molar-refractivity contribution is 1.33. The van der Waals surface area contributed by atoms with Gasteiger partial charge in [0.05, 0.1) is 16.9 Å². The molecule has 0 aromatic carbocycles. The highest BCUT2D eigenvalue weighted by atomic mass is 35.5. The Bertz CT molecular complexity index is 169. The molecule has 0 saturated carbocycles. The van der Waals surface area contributed by atoms with Crippen molar-refractivity contribution in [3.8, 4) is 0 Å². The van der Waals surface area contributed by atoms with Gasteiger partial charge in [0.25, 0.3) is 0 Å². The Morgan fingerprint density at radius 2 is 2.22 bits per heavy atom. The number of nitrogens with two attached hydrogens (primary N) is 1. The lowest BCUT2D eigenvalue weighted by Gasteiger charge is -1.90. The van der Waals surface area contributed by atoms with Gasteiger partial charge in [-0.3, -0.25) is 4.98 Å². The van der Waals surface area contributed by atoms with E-state index in [0.717, 1.165) is 0 Å². The predicted molar refractivity (Wildman–Crippen MR) is 40.9 cm³/mol. The van der Waals surface area contributed by atoms with Crippen molar-refractivity contribution >= 4 is 29.7 Å². The molecular formula is C5H6Cl2N2. The molecule has 1 heterocycles. The molecule has 0 aliphatic rings. The van der Waals surface area contributed by atoms with Crippen molar-refractivity contribution in [2.45, 2.75) is 0 Å². The summed E-state index contributed by atoms with van der Waals surface area (Å²) in [6.07, 6.45) is 3.11. The second-order valence-corrected chi connectivity index (χ2v) is 1.80. The highest BCUT2D eigenvalue weighted by Crippen LogP contribution is 2.13. The van der Waals surface area contributed by atoms with Crippen molar-refractivity contribution in [1.29, 1.82) is 0 Å². The van der Waals surface area contributed by atoms with E-state index in [9.17, 15) is 0 Å². The summed E-state index contributed by atoms with van der Waals surface area (Å²) >= 11 is 5.54. The molecule has 4 heteroatoms. The van der Waals surface area contributed by atoms with Gasteiger partial charge in [-0.25, -0.2) is 0 Å². The molecule has 0 spiro atoms. The number of halogens is 2. The van der Waals surface area contributed by atoms with Gasteiger partial charge in [-0.1, -0.05) is 11.6 Å². The Labute approximate surface area is 64.4 Å². The minimum absolute atomic E-state index is 0. The molecule has 0 unspecified atom stereocenters. The summed E-state index contributed by atoms with van der Waals surface area (Å²) in [5, 5.41) is 0.556. The first kappa shape index (κ1) is 8.53. The fourth-order valence-electron chi connectivity index (χ4n) is 0.390. The van der Waals surface area contributed by atoms with Gasteiger partial charge in [0.2, 0.25) is 0 Å². The van der Waals surface area contributed by atoms with Crippen LogP contribution in [0.1, 0.15) is 0 Å². The molecule has 2 N–H and O–H groups in total. The molecule has 50 valence electrons. The minimum atomic E-state index is 0. The summed E-state index contributed by atoms with van der Waals surface area (Å²) in [7, 11) is 0. The average molecular weight is 165 g/mol. The van der Waals surface area contributed by atoms with E-state index in [1.54, 1.807) is 12.3 Å². The van der Waals surface area contributed by atoms with Crippen LogP contribution >= 0.6 is 24.0 Å². The van der Waals surface area contributed by atoms with Gasteiger partial charge in [-0.05, 0) is 6.07 Å². The summed E-state index contributed by atoms with van der Waals surface area (Å²) in [6.45, 7) is 0. The molecule has 0 radical (unpaired) electrons. The fraction of sp³-hybridized carbons (Fsp3) is 0. The molecule has 0 amide bonds. The maximum atomic E-state index is 5.54. The first-order valence-electron chi connectivity index (χ1n) is 2.15. The molecule has 1 rings (SSSR count). The highest BCUT2D eigenvalue weighted by Gasteiger charge is 1.88. The topological polar surface area (TPSA) is 38.9 Å². The molecule has 9 heavy (non-hydrogen) atoms. The Balaban J connectivity index is 0.000000640. The monoisotopic (exact) mass is 164 g/mol. The van der Waals surface area contributed by atoms with Crippen LogP contribution < -0.4 is 5.73 Å². The van der Waals surface area contributed by atoms with Crippen molar-refractivity contribution in [2.75, 3.05) is 5.73 Å². The predicted octanol–water partition coefficient (Wildman–Crippen LogP) is 1.74. The van der Waals surface area contributed by atoms with Crippen LogP contribution in [0.15, 0.2) is 18.5 Å². The molecule has 1 aromatic rings. The van der Waals surface area contributed by atoms with Gasteiger partial charge < -0.3 is 5.73 Å². The lowest BCUT2D eigenvalue weighted by atomic mass is 10.4. The summed E-state index contributed by atoms with van der Waals surface area (Å²) in [6, 6.07) is 1.65. The zero-order valence-electron chi connectivity index (χ0n) is 4.54. The molecule has 0 atom stereocenters. The SMILES string of the molecule is Cl.Nc1cnccc1Cl. The molecule has 0 aliphatic heterocycles. The summed E-state index contributed by atoms with van der Waals surface area (Å²) in [4.78, 5) is 3.74. The van der Waals surface area contributed by atoms with E-state index in [0.29, 0.717) is 10.7 Å². The number of hydrogen-bond donors (Lipinski definition) is 1. The third-order valence-electron chi connectivity index (χ3n) is 0.796. The van der Waals surface area contributed by atoms with E-state index >= 15 is 0 Å². The van der Waals surface area contributed by atoms with Crippen LogP contribution in [0.2, 0.25) is 5.02 Å². The Kier molecular flexibility index (Phi) is 3.35. The van der Waals surface area contributed by atoms with E-state index < -0.39 is 0 Å². The first-order valence-corrected chi connectivity index (χ1v) is 2.53. The average Bonchev–Trinajstić information content (AvgIpc) is 1.77. The number of nitrogen functional groups attached to an aromatic ring is 1.